The first-order valence-electron chi connectivity index (χ1n) is 4.33. The summed E-state index contributed by atoms with van der Waals surface area (Å²) >= 11 is 0. The summed E-state index contributed by atoms with van der Waals surface area (Å²) in [5.74, 6) is 0.196. The van der Waals surface area contributed by atoms with Gasteiger partial charge in [0.15, 0.2) is 0 Å². The Bertz CT molecular complexity index is 310. The third-order valence-corrected chi connectivity index (χ3v) is 1.72. The smallest absolute Gasteiger partial charge is 0.416 e. The number of hydrogen-bond acceptors (Lipinski definition) is 2. The molecule has 1 aromatic rings. The van der Waals surface area contributed by atoms with Crippen molar-refractivity contribution in [2.24, 2.45) is 0 Å². The molecule has 0 aliphatic carbocycles. The first kappa shape index (κ1) is 11.8. The number of rotatable bonds is 4. The van der Waals surface area contributed by atoms with Crippen molar-refractivity contribution >= 4 is 0 Å². The highest BCUT2D eigenvalue weighted by molar-refractivity contribution is 5.30. The van der Waals surface area contributed by atoms with Crippen LogP contribution in [0.2, 0.25) is 0 Å². The van der Waals surface area contributed by atoms with Crippen molar-refractivity contribution in [3.8, 4) is 5.75 Å². The first-order chi connectivity index (χ1) is 7.04. The van der Waals surface area contributed by atoms with Crippen molar-refractivity contribution in [1.29, 1.82) is 0 Å². The Morgan fingerprint density at radius 3 is 2.53 bits per heavy atom. The number of halogens is 3. The third-order valence-electron chi connectivity index (χ3n) is 1.72. The molecule has 0 aliphatic heterocycles. The van der Waals surface area contributed by atoms with Crippen LogP contribution in [0.1, 0.15) is 5.56 Å². The average Bonchev–Trinajstić information content (AvgIpc) is 2.17. The van der Waals surface area contributed by atoms with Crippen LogP contribution in [-0.2, 0) is 10.9 Å². The molecule has 0 spiro atoms. The van der Waals surface area contributed by atoms with Crippen LogP contribution >= 0.6 is 0 Å². The zero-order valence-corrected chi connectivity index (χ0v) is 8.17. The van der Waals surface area contributed by atoms with E-state index in [4.69, 9.17) is 9.47 Å². The van der Waals surface area contributed by atoms with Crippen LogP contribution in [0.3, 0.4) is 0 Å². The lowest BCUT2D eigenvalue weighted by Gasteiger charge is -2.09. The Morgan fingerprint density at radius 2 is 1.93 bits per heavy atom. The summed E-state index contributed by atoms with van der Waals surface area (Å²) in [6, 6.07) is 4.76. The molecule has 5 heteroatoms. The highest BCUT2D eigenvalue weighted by Crippen LogP contribution is 2.31. The number of methoxy groups -OCH3 is 1. The molecule has 0 aliphatic rings. The van der Waals surface area contributed by atoms with E-state index in [1.54, 1.807) is 0 Å². The molecule has 1 aromatic carbocycles. The largest absolute Gasteiger partial charge is 0.491 e. The molecule has 0 aromatic heterocycles. The van der Waals surface area contributed by atoms with E-state index < -0.39 is 11.7 Å². The predicted molar refractivity (Wildman–Crippen MR) is 48.8 cm³/mol. The quantitative estimate of drug-likeness (QED) is 0.726. The van der Waals surface area contributed by atoms with Gasteiger partial charge in [-0.05, 0) is 18.2 Å². The predicted octanol–water partition coefficient (Wildman–Crippen LogP) is 2.73. The van der Waals surface area contributed by atoms with Gasteiger partial charge in [0.05, 0.1) is 12.2 Å². The molecule has 0 saturated heterocycles. The van der Waals surface area contributed by atoms with Crippen molar-refractivity contribution in [2.75, 3.05) is 20.3 Å². The second-order valence-corrected chi connectivity index (χ2v) is 2.87. The summed E-state index contributed by atoms with van der Waals surface area (Å²) in [6.07, 6.45) is -4.33. The molecule has 0 amide bonds. The second-order valence-electron chi connectivity index (χ2n) is 2.87. The number of alkyl halides is 3. The molecule has 0 saturated carbocycles. The molecular formula is C10H11F3O2. The van der Waals surface area contributed by atoms with Gasteiger partial charge in [0.25, 0.3) is 0 Å². The minimum Gasteiger partial charge on any atom is -0.491 e. The zero-order chi connectivity index (χ0) is 11.3. The molecule has 0 N–H and O–H groups in total. The summed E-state index contributed by atoms with van der Waals surface area (Å²) < 4.78 is 46.6. The summed E-state index contributed by atoms with van der Waals surface area (Å²) in [7, 11) is 1.50. The van der Waals surface area contributed by atoms with Crippen molar-refractivity contribution in [2.45, 2.75) is 6.18 Å². The summed E-state index contributed by atoms with van der Waals surface area (Å²) in [5, 5.41) is 0. The van der Waals surface area contributed by atoms with Crippen molar-refractivity contribution in [3.63, 3.8) is 0 Å². The van der Waals surface area contributed by atoms with Gasteiger partial charge in [-0.3, -0.25) is 0 Å². The normalized spacial score (nSPS) is 11.5. The molecule has 1 rings (SSSR count). The van der Waals surface area contributed by atoms with Crippen molar-refractivity contribution < 1.29 is 22.6 Å². The Kier molecular flexibility index (Phi) is 3.96. The van der Waals surface area contributed by atoms with Gasteiger partial charge in [0.2, 0.25) is 0 Å². The van der Waals surface area contributed by atoms with Crippen LogP contribution in [0.5, 0.6) is 5.75 Å². The maximum Gasteiger partial charge on any atom is 0.416 e. The number of ether oxygens (including phenoxy) is 2. The Morgan fingerprint density at radius 1 is 1.20 bits per heavy atom. The summed E-state index contributed by atoms with van der Waals surface area (Å²) in [5.41, 5.74) is -0.711. The minimum atomic E-state index is -4.33. The fraction of sp³-hybridized carbons (Fsp3) is 0.400. The van der Waals surface area contributed by atoms with Crippen LogP contribution < -0.4 is 4.74 Å². The van der Waals surface area contributed by atoms with Gasteiger partial charge in [0, 0.05) is 7.11 Å². The maximum atomic E-state index is 12.3. The van der Waals surface area contributed by atoms with Gasteiger partial charge in [-0.2, -0.15) is 13.2 Å². The Hall–Kier alpha value is -1.23. The molecule has 0 atom stereocenters. The number of hydrogen-bond donors (Lipinski definition) is 0. The fourth-order valence-corrected chi connectivity index (χ4v) is 1.01. The first-order valence-corrected chi connectivity index (χ1v) is 4.33. The molecule has 0 fully saturated rings. The van der Waals surface area contributed by atoms with Gasteiger partial charge in [-0.25, -0.2) is 0 Å². The summed E-state index contributed by atoms with van der Waals surface area (Å²) in [6.45, 7) is 0.577. The van der Waals surface area contributed by atoms with Crippen LogP contribution in [0, 0.1) is 0 Å². The van der Waals surface area contributed by atoms with Gasteiger partial charge in [0.1, 0.15) is 12.4 Å². The lowest BCUT2D eigenvalue weighted by atomic mass is 10.2. The lowest BCUT2D eigenvalue weighted by molar-refractivity contribution is -0.137. The van der Waals surface area contributed by atoms with E-state index in [0.717, 1.165) is 12.1 Å². The van der Waals surface area contributed by atoms with Crippen molar-refractivity contribution in [3.05, 3.63) is 29.8 Å². The topological polar surface area (TPSA) is 18.5 Å². The molecule has 0 unspecified atom stereocenters. The molecule has 15 heavy (non-hydrogen) atoms. The third kappa shape index (κ3) is 3.79. The highest BCUT2D eigenvalue weighted by atomic mass is 19.4. The van der Waals surface area contributed by atoms with E-state index in [2.05, 4.69) is 0 Å². The fourth-order valence-electron chi connectivity index (χ4n) is 1.01. The molecule has 0 bridgehead atoms. The van der Waals surface area contributed by atoms with Crippen LogP contribution in [-0.4, -0.2) is 20.3 Å². The van der Waals surface area contributed by atoms with Crippen LogP contribution in [0.4, 0.5) is 13.2 Å². The SMILES string of the molecule is COCCOc1cccc(C(F)(F)F)c1. The molecule has 0 radical (unpaired) electrons. The zero-order valence-electron chi connectivity index (χ0n) is 8.17. The van der Waals surface area contributed by atoms with Gasteiger partial charge in [-0.1, -0.05) is 6.07 Å². The van der Waals surface area contributed by atoms with E-state index in [0.29, 0.717) is 6.61 Å². The number of benzene rings is 1. The minimum absolute atomic E-state index is 0.196. The monoisotopic (exact) mass is 220 g/mol. The second kappa shape index (κ2) is 5.02. The standard InChI is InChI=1S/C10H11F3O2/c1-14-5-6-15-9-4-2-3-8(7-9)10(11,12)13/h2-4,7H,5-6H2,1H3. The van der Waals surface area contributed by atoms with E-state index >= 15 is 0 Å². The molecular weight excluding hydrogens is 209 g/mol. The van der Waals surface area contributed by atoms with E-state index in [1.165, 1.54) is 19.2 Å². The van der Waals surface area contributed by atoms with E-state index in [1.807, 2.05) is 0 Å². The van der Waals surface area contributed by atoms with Crippen molar-refractivity contribution in [1.82, 2.24) is 0 Å². The van der Waals surface area contributed by atoms with Gasteiger partial charge < -0.3 is 9.47 Å². The Labute approximate surface area is 85.6 Å². The van der Waals surface area contributed by atoms with Gasteiger partial charge >= 0.3 is 6.18 Å². The van der Waals surface area contributed by atoms with Crippen LogP contribution in [0.25, 0.3) is 0 Å². The van der Waals surface area contributed by atoms with E-state index in [-0.39, 0.29) is 12.4 Å². The molecule has 0 heterocycles. The molecule has 84 valence electrons. The Balaban J connectivity index is 2.66. The highest BCUT2D eigenvalue weighted by Gasteiger charge is 2.30. The summed E-state index contributed by atoms with van der Waals surface area (Å²) in [4.78, 5) is 0. The lowest BCUT2D eigenvalue weighted by Crippen LogP contribution is -2.07. The maximum absolute atomic E-state index is 12.3. The molecule has 2 nitrogen and oxygen atoms in total. The van der Waals surface area contributed by atoms with E-state index in [9.17, 15) is 13.2 Å². The van der Waals surface area contributed by atoms with Gasteiger partial charge in [-0.15, -0.1) is 0 Å². The van der Waals surface area contributed by atoms with Crippen LogP contribution in [0.15, 0.2) is 24.3 Å². The average molecular weight is 220 g/mol.